The second-order valence-electron chi connectivity index (χ2n) is 5.40. The number of aromatic amines is 1. The molecule has 1 aromatic carbocycles. The van der Waals surface area contributed by atoms with Crippen molar-refractivity contribution < 1.29 is 5.11 Å². The molecule has 0 spiro atoms. The number of aryl methyl sites for hydroxylation is 1. The van der Waals surface area contributed by atoms with Gasteiger partial charge in [-0.25, -0.2) is 0 Å². The monoisotopic (exact) mass is 286 g/mol. The first-order chi connectivity index (χ1) is 10.3. The quantitative estimate of drug-likeness (QED) is 0.782. The van der Waals surface area contributed by atoms with E-state index in [-0.39, 0.29) is 6.61 Å². The summed E-state index contributed by atoms with van der Waals surface area (Å²) in [6.07, 6.45) is 0.752. The molecule has 0 fully saturated rings. The highest BCUT2D eigenvalue weighted by atomic mass is 16.3. The van der Waals surface area contributed by atoms with Crippen LogP contribution in [0.2, 0.25) is 0 Å². The Morgan fingerprint density at radius 1 is 1.33 bits per heavy atom. The van der Waals surface area contributed by atoms with E-state index in [9.17, 15) is 0 Å². The molecule has 1 aliphatic rings. The number of para-hydroxylation sites is 1. The van der Waals surface area contributed by atoms with E-state index >= 15 is 0 Å². The van der Waals surface area contributed by atoms with Crippen molar-refractivity contribution in [3.63, 3.8) is 0 Å². The van der Waals surface area contributed by atoms with Crippen LogP contribution in [-0.2, 0) is 6.54 Å². The Morgan fingerprint density at radius 2 is 2.19 bits per heavy atom. The molecule has 0 bridgehead atoms. The lowest BCUT2D eigenvalue weighted by molar-refractivity contribution is 0.263. The summed E-state index contributed by atoms with van der Waals surface area (Å²) in [5, 5.41) is 13.7. The molecule has 5 nitrogen and oxygen atoms in total. The number of rotatable bonds is 5. The van der Waals surface area contributed by atoms with Crippen molar-refractivity contribution in [2.45, 2.75) is 19.9 Å². The number of aromatic nitrogens is 1. The number of benzene rings is 1. The van der Waals surface area contributed by atoms with E-state index in [0.717, 1.165) is 38.6 Å². The third-order valence-corrected chi connectivity index (χ3v) is 3.92. The molecule has 2 aromatic rings. The van der Waals surface area contributed by atoms with Crippen molar-refractivity contribution in [1.82, 2.24) is 15.2 Å². The molecule has 112 valence electrons. The lowest BCUT2D eigenvalue weighted by atomic mass is 10.1. The Bertz CT molecular complexity index is 647. The zero-order valence-corrected chi connectivity index (χ0v) is 12.4. The SMILES string of the molecule is Cc1[nH]c2ccccc2c1CN(CCCO)C1=NCCN1. The molecule has 0 atom stereocenters. The van der Waals surface area contributed by atoms with Gasteiger partial charge in [0, 0.05) is 42.8 Å². The van der Waals surface area contributed by atoms with Crippen LogP contribution < -0.4 is 5.32 Å². The van der Waals surface area contributed by atoms with Crippen LogP contribution in [0.1, 0.15) is 17.7 Å². The Balaban J connectivity index is 1.88. The van der Waals surface area contributed by atoms with Crippen molar-refractivity contribution in [2.75, 3.05) is 26.2 Å². The topological polar surface area (TPSA) is 63.7 Å². The van der Waals surface area contributed by atoms with Crippen LogP contribution in [0.15, 0.2) is 29.3 Å². The van der Waals surface area contributed by atoms with E-state index in [4.69, 9.17) is 5.11 Å². The third-order valence-electron chi connectivity index (χ3n) is 3.92. The molecular weight excluding hydrogens is 264 g/mol. The predicted octanol–water partition coefficient (Wildman–Crippen LogP) is 1.62. The Hall–Kier alpha value is -2.01. The van der Waals surface area contributed by atoms with Gasteiger partial charge in [-0.2, -0.15) is 0 Å². The fraction of sp³-hybridized carbons (Fsp3) is 0.438. The summed E-state index contributed by atoms with van der Waals surface area (Å²) < 4.78 is 0. The summed E-state index contributed by atoms with van der Waals surface area (Å²) >= 11 is 0. The van der Waals surface area contributed by atoms with Crippen LogP contribution in [0, 0.1) is 6.92 Å². The molecule has 2 heterocycles. The third kappa shape index (κ3) is 2.88. The Morgan fingerprint density at radius 3 is 2.95 bits per heavy atom. The van der Waals surface area contributed by atoms with Gasteiger partial charge in [0.2, 0.25) is 0 Å². The smallest absolute Gasteiger partial charge is 0.194 e. The summed E-state index contributed by atoms with van der Waals surface area (Å²) in [6, 6.07) is 8.38. The molecule has 0 saturated heterocycles. The predicted molar refractivity (Wildman–Crippen MR) is 85.5 cm³/mol. The zero-order chi connectivity index (χ0) is 14.7. The standard InChI is InChI=1S/C16H22N4O/c1-12-14(13-5-2-3-6-15(13)19-12)11-20(9-4-10-21)16-17-7-8-18-16/h2-3,5-6,19,21H,4,7-11H2,1H3,(H,17,18). The van der Waals surface area contributed by atoms with Crippen molar-refractivity contribution in [3.05, 3.63) is 35.5 Å². The van der Waals surface area contributed by atoms with Gasteiger partial charge in [0.05, 0.1) is 6.54 Å². The summed E-state index contributed by atoms with van der Waals surface area (Å²) in [5.41, 5.74) is 3.68. The van der Waals surface area contributed by atoms with Crippen molar-refractivity contribution in [3.8, 4) is 0 Å². The maximum absolute atomic E-state index is 9.12. The molecule has 0 saturated carbocycles. The van der Waals surface area contributed by atoms with Crippen LogP contribution in [0.25, 0.3) is 10.9 Å². The summed E-state index contributed by atoms with van der Waals surface area (Å²) in [6.45, 7) is 5.67. The van der Waals surface area contributed by atoms with Gasteiger partial charge in [0.15, 0.2) is 5.96 Å². The fourth-order valence-electron chi connectivity index (χ4n) is 2.85. The zero-order valence-electron chi connectivity index (χ0n) is 12.4. The van der Waals surface area contributed by atoms with Gasteiger partial charge in [-0.15, -0.1) is 0 Å². The van der Waals surface area contributed by atoms with E-state index in [1.807, 2.05) is 6.07 Å². The van der Waals surface area contributed by atoms with E-state index in [0.29, 0.717) is 0 Å². The first-order valence-electron chi connectivity index (χ1n) is 7.50. The average Bonchev–Trinajstić information content (AvgIpc) is 3.11. The molecule has 0 aliphatic carbocycles. The molecule has 0 unspecified atom stereocenters. The van der Waals surface area contributed by atoms with E-state index in [1.54, 1.807) is 0 Å². The number of hydrogen-bond donors (Lipinski definition) is 3. The summed E-state index contributed by atoms with van der Waals surface area (Å²) in [5.74, 6) is 0.952. The van der Waals surface area contributed by atoms with Gasteiger partial charge in [0.25, 0.3) is 0 Å². The van der Waals surface area contributed by atoms with Crippen LogP contribution in [0.3, 0.4) is 0 Å². The van der Waals surface area contributed by atoms with Gasteiger partial charge < -0.3 is 20.3 Å². The second kappa shape index (κ2) is 6.18. The minimum atomic E-state index is 0.205. The van der Waals surface area contributed by atoms with Gasteiger partial charge in [-0.1, -0.05) is 18.2 Å². The molecule has 21 heavy (non-hydrogen) atoms. The van der Waals surface area contributed by atoms with E-state index in [2.05, 4.69) is 45.3 Å². The largest absolute Gasteiger partial charge is 0.396 e. The average molecular weight is 286 g/mol. The van der Waals surface area contributed by atoms with Crippen molar-refractivity contribution in [1.29, 1.82) is 0 Å². The first-order valence-corrected chi connectivity index (χ1v) is 7.50. The normalized spacial score (nSPS) is 14.3. The minimum Gasteiger partial charge on any atom is -0.396 e. The maximum Gasteiger partial charge on any atom is 0.194 e. The van der Waals surface area contributed by atoms with E-state index in [1.165, 1.54) is 22.2 Å². The lowest BCUT2D eigenvalue weighted by Gasteiger charge is -2.24. The number of hydrogen-bond acceptors (Lipinski definition) is 4. The number of guanidine groups is 1. The molecule has 0 radical (unpaired) electrons. The first kappa shape index (κ1) is 13.9. The molecular formula is C16H22N4O. The van der Waals surface area contributed by atoms with Crippen LogP contribution in [0.4, 0.5) is 0 Å². The molecule has 1 aliphatic heterocycles. The number of aliphatic imine (C=N–C) groups is 1. The minimum absolute atomic E-state index is 0.205. The van der Waals surface area contributed by atoms with Crippen LogP contribution >= 0.6 is 0 Å². The number of nitrogens with one attached hydrogen (secondary N) is 2. The van der Waals surface area contributed by atoms with Crippen molar-refractivity contribution >= 4 is 16.9 Å². The van der Waals surface area contributed by atoms with Gasteiger partial charge in [-0.3, -0.25) is 4.99 Å². The highest BCUT2D eigenvalue weighted by Gasteiger charge is 2.17. The molecule has 5 heteroatoms. The molecule has 3 rings (SSSR count). The number of nitrogens with zero attached hydrogens (tertiary/aromatic N) is 2. The van der Waals surface area contributed by atoms with Crippen LogP contribution in [-0.4, -0.2) is 47.2 Å². The van der Waals surface area contributed by atoms with Gasteiger partial charge in [0.1, 0.15) is 0 Å². The van der Waals surface area contributed by atoms with Crippen molar-refractivity contribution in [2.24, 2.45) is 4.99 Å². The number of aliphatic hydroxyl groups is 1. The second-order valence-corrected chi connectivity index (χ2v) is 5.40. The molecule has 3 N–H and O–H groups in total. The molecule has 0 amide bonds. The molecule has 1 aromatic heterocycles. The van der Waals surface area contributed by atoms with Gasteiger partial charge >= 0.3 is 0 Å². The lowest BCUT2D eigenvalue weighted by Crippen LogP contribution is -2.39. The number of fused-ring (bicyclic) bond motifs is 1. The Labute approximate surface area is 124 Å². The van der Waals surface area contributed by atoms with E-state index < -0.39 is 0 Å². The summed E-state index contributed by atoms with van der Waals surface area (Å²) in [4.78, 5) is 10.2. The van der Waals surface area contributed by atoms with Crippen LogP contribution in [0.5, 0.6) is 0 Å². The highest BCUT2D eigenvalue weighted by molar-refractivity contribution is 5.86. The maximum atomic E-state index is 9.12. The summed E-state index contributed by atoms with van der Waals surface area (Å²) in [7, 11) is 0. The fourth-order valence-corrected chi connectivity index (χ4v) is 2.85. The number of H-pyrrole nitrogens is 1. The number of aliphatic hydroxyl groups excluding tert-OH is 1. The highest BCUT2D eigenvalue weighted by Crippen LogP contribution is 2.23. The van der Waals surface area contributed by atoms with Gasteiger partial charge in [-0.05, 0) is 25.0 Å². The Kier molecular flexibility index (Phi) is 4.10.